The van der Waals surface area contributed by atoms with E-state index in [0.717, 1.165) is 5.92 Å². The standard InChI is InChI=1S/C20H26/c1-2-19(20-16-10-5-11-17-20)15-9-4-8-14-18-12-6-3-7-13-18/h3,5-7,10-13,16-17,19H,2,4,8-9,14-15H2,1H3/t19-/m1/s1. The van der Waals surface area contributed by atoms with Crippen LogP contribution in [-0.2, 0) is 6.42 Å². The highest BCUT2D eigenvalue weighted by molar-refractivity contribution is 5.19. The lowest BCUT2D eigenvalue weighted by molar-refractivity contribution is 0.545. The molecule has 106 valence electrons. The SMILES string of the molecule is CC[C@H](CCCCCc1ccccc1)c1ccccc1. The molecule has 0 bridgehead atoms. The molecule has 0 N–H and O–H groups in total. The van der Waals surface area contributed by atoms with Gasteiger partial charge in [-0.1, -0.05) is 80.4 Å². The fraction of sp³-hybridized carbons (Fsp3) is 0.400. The fourth-order valence-electron chi connectivity index (χ4n) is 2.87. The third-order valence-electron chi connectivity index (χ3n) is 4.12. The van der Waals surface area contributed by atoms with Crippen LogP contribution in [0.2, 0.25) is 0 Å². The summed E-state index contributed by atoms with van der Waals surface area (Å²) < 4.78 is 0. The van der Waals surface area contributed by atoms with Crippen molar-refractivity contribution in [3.8, 4) is 0 Å². The predicted molar refractivity (Wildman–Crippen MR) is 88.1 cm³/mol. The average Bonchev–Trinajstić information content (AvgIpc) is 2.53. The van der Waals surface area contributed by atoms with Gasteiger partial charge in [0.1, 0.15) is 0 Å². The molecule has 0 fully saturated rings. The molecule has 0 heterocycles. The molecule has 0 aliphatic carbocycles. The molecule has 2 rings (SSSR count). The number of rotatable bonds is 8. The topological polar surface area (TPSA) is 0 Å². The van der Waals surface area contributed by atoms with Gasteiger partial charge in [-0.05, 0) is 42.7 Å². The van der Waals surface area contributed by atoms with Gasteiger partial charge < -0.3 is 0 Å². The average molecular weight is 266 g/mol. The number of hydrogen-bond donors (Lipinski definition) is 0. The van der Waals surface area contributed by atoms with E-state index in [1.54, 1.807) is 0 Å². The molecule has 2 aromatic carbocycles. The smallest absolute Gasteiger partial charge is 0.0165 e. The Hall–Kier alpha value is -1.56. The lowest BCUT2D eigenvalue weighted by Gasteiger charge is -2.15. The van der Waals surface area contributed by atoms with Gasteiger partial charge in [-0.3, -0.25) is 0 Å². The Kier molecular flexibility index (Phi) is 6.37. The van der Waals surface area contributed by atoms with Crippen LogP contribution in [0.15, 0.2) is 60.7 Å². The summed E-state index contributed by atoms with van der Waals surface area (Å²) in [6.07, 6.45) is 7.81. The Morgan fingerprint density at radius 2 is 1.40 bits per heavy atom. The quantitative estimate of drug-likeness (QED) is 0.515. The van der Waals surface area contributed by atoms with E-state index in [-0.39, 0.29) is 0 Å². The normalized spacial score (nSPS) is 12.2. The maximum atomic E-state index is 2.31. The highest BCUT2D eigenvalue weighted by atomic mass is 14.1. The van der Waals surface area contributed by atoms with E-state index < -0.39 is 0 Å². The highest BCUT2D eigenvalue weighted by Crippen LogP contribution is 2.25. The Morgan fingerprint density at radius 1 is 0.750 bits per heavy atom. The van der Waals surface area contributed by atoms with Crippen LogP contribution in [0.25, 0.3) is 0 Å². The lowest BCUT2D eigenvalue weighted by Crippen LogP contribution is -1.97. The van der Waals surface area contributed by atoms with Gasteiger partial charge >= 0.3 is 0 Å². The minimum absolute atomic E-state index is 0.743. The van der Waals surface area contributed by atoms with Crippen molar-refractivity contribution < 1.29 is 0 Å². The van der Waals surface area contributed by atoms with Crippen molar-refractivity contribution in [3.63, 3.8) is 0 Å². The van der Waals surface area contributed by atoms with Gasteiger partial charge in [-0.2, -0.15) is 0 Å². The van der Waals surface area contributed by atoms with E-state index in [2.05, 4.69) is 67.6 Å². The summed E-state index contributed by atoms with van der Waals surface area (Å²) >= 11 is 0. The molecule has 2 aromatic rings. The van der Waals surface area contributed by atoms with Crippen molar-refractivity contribution >= 4 is 0 Å². The summed E-state index contributed by atoms with van der Waals surface area (Å²) in [7, 11) is 0. The third-order valence-corrected chi connectivity index (χ3v) is 4.12. The number of unbranched alkanes of at least 4 members (excludes halogenated alkanes) is 2. The van der Waals surface area contributed by atoms with E-state index in [9.17, 15) is 0 Å². The van der Waals surface area contributed by atoms with Crippen molar-refractivity contribution in [3.05, 3.63) is 71.8 Å². The number of benzene rings is 2. The van der Waals surface area contributed by atoms with Gasteiger partial charge in [0.05, 0.1) is 0 Å². The summed E-state index contributed by atoms with van der Waals surface area (Å²) in [6, 6.07) is 21.8. The van der Waals surface area contributed by atoms with E-state index >= 15 is 0 Å². The zero-order valence-electron chi connectivity index (χ0n) is 12.6. The predicted octanol–water partition coefficient (Wildman–Crippen LogP) is 5.98. The maximum Gasteiger partial charge on any atom is -0.0165 e. The fourth-order valence-corrected chi connectivity index (χ4v) is 2.87. The monoisotopic (exact) mass is 266 g/mol. The molecule has 0 unspecified atom stereocenters. The molecular weight excluding hydrogens is 240 g/mol. The molecule has 0 heteroatoms. The van der Waals surface area contributed by atoms with Gasteiger partial charge in [0.25, 0.3) is 0 Å². The first-order chi connectivity index (χ1) is 9.90. The third kappa shape index (κ3) is 4.85. The first-order valence-corrected chi connectivity index (χ1v) is 7.99. The number of aryl methyl sites for hydroxylation is 1. The second-order valence-electron chi connectivity index (χ2n) is 5.60. The molecule has 20 heavy (non-hydrogen) atoms. The molecule has 0 radical (unpaired) electrons. The molecule has 0 aliphatic heterocycles. The van der Waals surface area contributed by atoms with E-state index in [0.29, 0.717) is 0 Å². The molecular formula is C20H26. The summed E-state index contributed by atoms with van der Waals surface area (Å²) in [4.78, 5) is 0. The zero-order valence-corrected chi connectivity index (χ0v) is 12.6. The van der Waals surface area contributed by atoms with E-state index in [4.69, 9.17) is 0 Å². The molecule has 0 aliphatic rings. The first kappa shape index (κ1) is 14.8. The summed E-state index contributed by atoms with van der Waals surface area (Å²) in [5.41, 5.74) is 2.99. The van der Waals surface area contributed by atoms with Gasteiger partial charge in [-0.25, -0.2) is 0 Å². The molecule has 0 aromatic heterocycles. The second-order valence-corrected chi connectivity index (χ2v) is 5.60. The van der Waals surface area contributed by atoms with Crippen molar-refractivity contribution in [2.24, 2.45) is 0 Å². The minimum atomic E-state index is 0.743. The van der Waals surface area contributed by atoms with Crippen molar-refractivity contribution in [1.29, 1.82) is 0 Å². The van der Waals surface area contributed by atoms with Crippen LogP contribution < -0.4 is 0 Å². The van der Waals surface area contributed by atoms with Crippen molar-refractivity contribution in [2.45, 2.75) is 51.4 Å². The Labute approximate surface area is 123 Å². The zero-order chi connectivity index (χ0) is 14.0. The second kappa shape index (κ2) is 8.58. The van der Waals surface area contributed by atoms with Gasteiger partial charge in [0.2, 0.25) is 0 Å². The van der Waals surface area contributed by atoms with E-state index in [1.165, 1.54) is 49.7 Å². The van der Waals surface area contributed by atoms with Crippen LogP contribution in [0.3, 0.4) is 0 Å². The van der Waals surface area contributed by atoms with Crippen LogP contribution >= 0.6 is 0 Å². The summed E-state index contributed by atoms with van der Waals surface area (Å²) in [5, 5.41) is 0. The molecule has 0 saturated heterocycles. The Bertz CT molecular complexity index is 458. The number of hydrogen-bond acceptors (Lipinski definition) is 0. The molecule has 0 amide bonds. The highest BCUT2D eigenvalue weighted by Gasteiger charge is 2.07. The Balaban J connectivity index is 1.67. The van der Waals surface area contributed by atoms with Crippen LogP contribution in [0.1, 0.15) is 56.1 Å². The maximum absolute atomic E-state index is 2.31. The molecule has 1 atom stereocenters. The molecule has 0 nitrogen and oxygen atoms in total. The van der Waals surface area contributed by atoms with Crippen molar-refractivity contribution in [1.82, 2.24) is 0 Å². The molecule has 0 spiro atoms. The first-order valence-electron chi connectivity index (χ1n) is 7.99. The van der Waals surface area contributed by atoms with Gasteiger partial charge in [-0.15, -0.1) is 0 Å². The van der Waals surface area contributed by atoms with Crippen LogP contribution in [0, 0.1) is 0 Å². The van der Waals surface area contributed by atoms with E-state index in [1.807, 2.05) is 0 Å². The van der Waals surface area contributed by atoms with Crippen molar-refractivity contribution in [2.75, 3.05) is 0 Å². The van der Waals surface area contributed by atoms with Crippen LogP contribution in [-0.4, -0.2) is 0 Å². The molecule has 0 saturated carbocycles. The minimum Gasteiger partial charge on any atom is -0.0648 e. The summed E-state index contributed by atoms with van der Waals surface area (Å²) in [6.45, 7) is 2.31. The Morgan fingerprint density at radius 3 is 2.05 bits per heavy atom. The van der Waals surface area contributed by atoms with Gasteiger partial charge in [0.15, 0.2) is 0 Å². The lowest BCUT2D eigenvalue weighted by atomic mass is 9.91. The van der Waals surface area contributed by atoms with Crippen LogP contribution in [0.4, 0.5) is 0 Å². The largest absolute Gasteiger partial charge is 0.0648 e. The summed E-state index contributed by atoms with van der Waals surface area (Å²) in [5.74, 6) is 0.743. The van der Waals surface area contributed by atoms with Crippen LogP contribution in [0.5, 0.6) is 0 Å². The van der Waals surface area contributed by atoms with Gasteiger partial charge in [0, 0.05) is 0 Å².